The third-order valence-electron chi connectivity index (χ3n) is 2.39. The molecule has 0 aliphatic heterocycles. The van der Waals surface area contributed by atoms with Crippen LogP contribution in [0.3, 0.4) is 0 Å². The minimum atomic E-state index is -0.115. The SMILES string of the molecule is Cc1cnc(C(N)Cc2ccncc2)cn1. The van der Waals surface area contributed by atoms with Crippen molar-refractivity contribution in [1.82, 2.24) is 15.0 Å². The van der Waals surface area contributed by atoms with Crippen molar-refractivity contribution >= 4 is 0 Å². The number of nitrogens with zero attached hydrogens (tertiary/aromatic N) is 3. The molecule has 0 aliphatic rings. The first kappa shape index (κ1) is 10.7. The van der Waals surface area contributed by atoms with Gasteiger partial charge in [0.2, 0.25) is 0 Å². The summed E-state index contributed by atoms with van der Waals surface area (Å²) in [5.74, 6) is 0. The first-order chi connectivity index (χ1) is 7.75. The Hall–Kier alpha value is -1.81. The van der Waals surface area contributed by atoms with Crippen LogP contribution >= 0.6 is 0 Å². The molecule has 16 heavy (non-hydrogen) atoms. The van der Waals surface area contributed by atoms with Gasteiger partial charge in [0.15, 0.2) is 0 Å². The molecule has 0 aliphatic carbocycles. The van der Waals surface area contributed by atoms with E-state index < -0.39 is 0 Å². The lowest BCUT2D eigenvalue weighted by molar-refractivity contribution is 0.689. The Balaban J connectivity index is 2.09. The van der Waals surface area contributed by atoms with E-state index in [2.05, 4.69) is 15.0 Å². The molecule has 2 aromatic rings. The van der Waals surface area contributed by atoms with E-state index in [1.807, 2.05) is 19.1 Å². The van der Waals surface area contributed by atoms with Crippen molar-refractivity contribution in [3.63, 3.8) is 0 Å². The van der Waals surface area contributed by atoms with E-state index in [9.17, 15) is 0 Å². The predicted molar refractivity (Wildman–Crippen MR) is 61.6 cm³/mol. The topological polar surface area (TPSA) is 64.7 Å². The zero-order valence-corrected chi connectivity index (χ0v) is 9.17. The molecule has 2 heterocycles. The van der Waals surface area contributed by atoms with E-state index in [1.165, 1.54) is 0 Å². The van der Waals surface area contributed by atoms with E-state index in [1.54, 1.807) is 24.8 Å². The largest absolute Gasteiger partial charge is 0.322 e. The Morgan fingerprint density at radius 2 is 1.94 bits per heavy atom. The minimum Gasteiger partial charge on any atom is -0.322 e. The summed E-state index contributed by atoms with van der Waals surface area (Å²) in [6.07, 6.45) is 7.76. The monoisotopic (exact) mass is 214 g/mol. The molecule has 0 fully saturated rings. The van der Waals surface area contributed by atoms with Gasteiger partial charge < -0.3 is 5.73 Å². The van der Waals surface area contributed by atoms with E-state index in [4.69, 9.17) is 5.73 Å². The van der Waals surface area contributed by atoms with Gasteiger partial charge in [-0.15, -0.1) is 0 Å². The number of hydrogen-bond acceptors (Lipinski definition) is 4. The van der Waals surface area contributed by atoms with Crippen LogP contribution in [0.2, 0.25) is 0 Å². The Labute approximate surface area is 94.6 Å². The van der Waals surface area contributed by atoms with Gasteiger partial charge in [-0.3, -0.25) is 15.0 Å². The van der Waals surface area contributed by atoms with E-state index in [0.717, 1.165) is 23.4 Å². The van der Waals surface area contributed by atoms with Gasteiger partial charge in [-0.2, -0.15) is 0 Å². The molecule has 0 radical (unpaired) electrons. The lowest BCUT2D eigenvalue weighted by Crippen LogP contribution is -2.15. The fourth-order valence-electron chi connectivity index (χ4n) is 1.47. The average Bonchev–Trinajstić information content (AvgIpc) is 2.31. The van der Waals surface area contributed by atoms with Gasteiger partial charge >= 0.3 is 0 Å². The van der Waals surface area contributed by atoms with Crippen molar-refractivity contribution in [2.75, 3.05) is 0 Å². The fourth-order valence-corrected chi connectivity index (χ4v) is 1.47. The molecule has 2 rings (SSSR count). The second-order valence-corrected chi connectivity index (χ2v) is 3.75. The van der Waals surface area contributed by atoms with Gasteiger partial charge in [0, 0.05) is 18.6 Å². The first-order valence-electron chi connectivity index (χ1n) is 5.19. The van der Waals surface area contributed by atoms with E-state index in [-0.39, 0.29) is 6.04 Å². The van der Waals surface area contributed by atoms with Crippen molar-refractivity contribution in [2.45, 2.75) is 19.4 Å². The van der Waals surface area contributed by atoms with Crippen LogP contribution in [0.15, 0.2) is 36.9 Å². The van der Waals surface area contributed by atoms with Crippen LogP contribution in [0.1, 0.15) is 23.0 Å². The molecule has 0 spiro atoms. The third-order valence-corrected chi connectivity index (χ3v) is 2.39. The number of pyridine rings is 1. The van der Waals surface area contributed by atoms with Crippen molar-refractivity contribution in [1.29, 1.82) is 0 Å². The summed E-state index contributed by atoms with van der Waals surface area (Å²) in [4.78, 5) is 12.4. The van der Waals surface area contributed by atoms with Crippen LogP contribution in [-0.4, -0.2) is 15.0 Å². The summed E-state index contributed by atoms with van der Waals surface area (Å²) in [5, 5.41) is 0. The lowest BCUT2D eigenvalue weighted by Gasteiger charge is -2.10. The summed E-state index contributed by atoms with van der Waals surface area (Å²) in [5.41, 5.74) is 8.94. The van der Waals surface area contributed by atoms with Crippen molar-refractivity contribution < 1.29 is 0 Å². The number of aromatic nitrogens is 3. The van der Waals surface area contributed by atoms with E-state index in [0.29, 0.717) is 0 Å². The van der Waals surface area contributed by atoms with Crippen LogP contribution in [0.4, 0.5) is 0 Å². The van der Waals surface area contributed by atoms with Crippen LogP contribution in [0.5, 0.6) is 0 Å². The zero-order chi connectivity index (χ0) is 11.4. The van der Waals surface area contributed by atoms with Gasteiger partial charge in [-0.05, 0) is 31.0 Å². The maximum absolute atomic E-state index is 6.05. The molecular weight excluding hydrogens is 200 g/mol. The molecule has 2 aromatic heterocycles. The quantitative estimate of drug-likeness (QED) is 0.839. The molecular formula is C12H14N4. The van der Waals surface area contributed by atoms with Crippen molar-refractivity contribution in [2.24, 2.45) is 5.73 Å². The van der Waals surface area contributed by atoms with Crippen molar-refractivity contribution in [3.8, 4) is 0 Å². The van der Waals surface area contributed by atoms with Gasteiger partial charge in [-0.25, -0.2) is 0 Å². The minimum absolute atomic E-state index is 0.115. The van der Waals surface area contributed by atoms with Gasteiger partial charge in [0.25, 0.3) is 0 Å². The van der Waals surface area contributed by atoms with E-state index >= 15 is 0 Å². The summed E-state index contributed by atoms with van der Waals surface area (Å²) >= 11 is 0. The Bertz CT molecular complexity index is 438. The molecule has 1 atom stereocenters. The van der Waals surface area contributed by atoms with Crippen LogP contribution < -0.4 is 5.73 Å². The molecule has 2 N–H and O–H groups in total. The van der Waals surface area contributed by atoms with Gasteiger partial charge in [0.1, 0.15) is 0 Å². The van der Waals surface area contributed by atoms with Crippen LogP contribution in [-0.2, 0) is 6.42 Å². The summed E-state index contributed by atoms with van der Waals surface area (Å²) < 4.78 is 0. The van der Waals surface area contributed by atoms with Gasteiger partial charge in [-0.1, -0.05) is 0 Å². The summed E-state index contributed by atoms with van der Waals surface area (Å²) in [7, 11) is 0. The smallest absolute Gasteiger partial charge is 0.0757 e. The van der Waals surface area contributed by atoms with Crippen LogP contribution in [0, 0.1) is 6.92 Å². The maximum Gasteiger partial charge on any atom is 0.0757 e. The molecule has 0 aromatic carbocycles. The highest BCUT2D eigenvalue weighted by Crippen LogP contribution is 2.12. The maximum atomic E-state index is 6.05. The first-order valence-corrected chi connectivity index (χ1v) is 5.19. The highest BCUT2D eigenvalue weighted by Gasteiger charge is 2.08. The Kier molecular flexibility index (Phi) is 3.22. The highest BCUT2D eigenvalue weighted by atomic mass is 14.8. The normalized spacial score (nSPS) is 12.4. The second-order valence-electron chi connectivity index (χ2n) is 3.75. The van der Waals surface area contributed by atoms with Gasteiger partial charge in [0.05, 0.1) is 23.6 Å². The molecule has 0 bridgehead atoms. The lowest BCUT2D eigenvalue weighted by atomic mass is 10.1. The Morgan fingerprint density at radius 3 is 2.56 bits per heavy atom. The molecule has 4 nitrogen and oxygen atoms in total. The Morgan fingerprint density at radius 1 is 1.19 bits per heavy atom. The number of nitrogens with two attached hydrogens (primary N) is 1. The average molecular weight is 214 g/mol. The highest BCUT2D eigenvalue weighted by molar-refractivity contribution is 5.15. The van der Waals surface area contributed by atoms with Crippen molar-refractivity contribution in [3.05, 3.63) is 53.9 Å². The number of aryl methyl sites for hydroxylation is 1. The summed E-state index contributed by atoms with van der Waals surface area (Å²) in [6, 6.07) is 3.80. The predicted octanol–water partition coefficient (Wildman–Crippen LogP) is 1.42. The number of hydrogen-bond donors (Lipinski definition) is 1. The third kappa shape index (κ3) is 2.61. The summed E-state index contributed by atoms with van der Waals surface area (Å²) in [6.45, 7) is 1.91. The fraction of sp³-hybridized carbons (Fsp3) is 0.250. The molecule has 0 saturated heterocycles. The number of rotatable bonds is 3. The molecule has 0 saturated carbocycles. The molecule has 4 heteroatoms. The second kappa shape index (κ2) is 4.81. The standard InChI is InChI=1S/C12H14N4/c1-9-7-16-12(8-15-9)11(13)6-10-2-4-14-5-3-10/h2-5,7-8,11H,6,13H2,1H3. The van der Waals surface area contributed by atoms with Crippen LogP contribution in [0.25, 0.3) is 0 Å². The zero-order valence-electron chi connectivity index (χ0n) is 9.17. The molecule has 82 valence electrons. The molecule has 0 amide bonds. The molecule has 1 unspecified atom stereocenters.